The van der Waals surface area contributed by atoms with Crippen molar-refractivity contribution in [2.75, 3.05) is 58.9 Å². The molecule has 1 aliphatic carbocycles. The fourth-order valence-electron chi connectivity index (χ4n) is 3.59. The summed E-state index contributed by atoms with van der Waals surface area (Å²) < 4.78 is 1.53. The second-order valence-electron chi connectivity index (χ2n) is 9.20. The van der Waals surface area contributed by atoms with Gasteiger partial charge in [0.15, 0.2) is 0 Å². The summed E-state index contributed by atoms with van der Waals surface area (Å²) in [5.74, 6) is 0. The standard InChI is InChI=1S/C10H15.3C7H15N.Ti/c1-7-6-10(4,5)9(3)8(7)2;3*1-4-7-8(5-2)6-3;/h1-5H3;3*4H,1,5-7H2,2-3H3;. The van der Waals surface area contributed by atoms with E-state index in [2.05, 4.69) is 131 Å². The molecule has 0 saturated heterocycles. The van der Waals surface area contributed by atoms with Crippen molar-refractivity contribution >= 4 is 0 Å². The van der Waals surface area contributed by atoms with E-state index in [1.54, 1.807) is 0 Å². The van der Waals surface area contributed by atoms with Crippen LogP contribution in [0.1, 0.15) is 76.2 Å². The van der Waals surface area contributed by atoms with Crippen molar-refractivity contribution in [3.63, 3.8) is 0 Å². The van der Waals surface area contributed by atoms with Gasteiger partial charge in [-0.3, -0.25) is 0 Å². The zero-order valence-corrected chi connectivity index (χ0v) is 27.1. The molecule has 0 aromatic heterocycles. The van der Waals surface area contributed by atoms with Gasteiger partial charge in [0.25, 0.3) is 0 Å². The third-order valence-electron chi connectivity index (χ3n) is 6.91. The van der Waals surface area contributed by atoms with E-state index < -0.39 is 0 Å². The van der Waals surface area contributed by atoms with Crippen molar-refractivity contribution < 1.29 is 20.4 Å². The van der Waals surface area contributed by atoms with Crippen molar-refractivity contribution in [3.8, 4) is 0 Å². The summed E-state index contributed by atoms with van der Waals surface area (Å²) in [5, 5.41) is 0. The van der Waals surface area contributed by atoms with E-state index in [0.29, 0.717) is 5.41 Å². The molecule has 1 aliphatic rings. The van der Waals surface area contributed by atoms with E-state index in [4.69, 9.17) is 0 Å². The summed E-state index contributed by atoms with van der Waals surface area (Å²) in [6.45, 7) is 45.1. The van der Waals surface area contributed by atoms with Gasteiger partial charge in [-0.1, -0.05) is 59.8 Å². The van der Waals surface area contributed by atoms with Gasteiger partial charge in [0, 0.05) is 19.6 Å². The quantitative estimate of drug-likeness (QED) is 0.192. The Labute approximate surface area is 233 Å². The Morgan fingerprint density at radius 3 is 0.914 bits per heavy atom. The topological polar surface area (TPSA) is 9.72 Å². The van der Waals surface area contributed by atoms with Crippen LogP contribution in [0.5, 0.6) is 0 Å². The summed E-state index contributed by atoms with van der Waals surface area (Å²) in [6.07, 6.45) is 5.81. The van der Waals surface area contributed by atoms with E-state index in [1.807, 2.05) is 18.2 Å². The molecule has 0 saturated carbocycles. The molecule has 0 N–H and O–H groups in total. The van der Waals surface area contributed by atoms with Gasteiger partial charge in [-0.15, -0.1) is 19.7 Å². The van der Waals surface area contributed by atoms with E-state index in [9.17, 15) is 0 Å². The molecule has 0 radical (unpaired) electrons. The van der Waals surface area contributed by atoms with Gasteiger partial charge in [0.05, 0.1) is 0 Å². The molecular formula is C31H60N3Ti. The van der Waals surface area contributed by atoms with Crippen molar-refractivity contribution in [1.29, 1.82) is 0 Å². The van der Waals surface area contributed by atoms with Crippen LogP contribution in [0.3, 0.4) is 0 Å². The second kappa shape index (κ2) is 23.7. The fraction of sp³-hybridized carbons (Fsp3) is 0.677. The number of nitrogens with zero attached hydrogens (tertiary/aromatic N) is 3. The van der Waals surface area contributed by atoms with Crippen LogP contribution in [0.25, 0.3) is 0 Å². The molecule has 3 nitrogen and oxygen atoms in total. The molecule has 1 rings (SSSR count). The number of allylic oxidation sites excluding steroid dienone is 4. The number of hydrogen-bond donors (Lipinski definition) is 0. The second-order valence-corrected chi connectivity index (χ2v) is 9.98. The third kappa shape index (κ3) is 16.6. The van der Waals surface area contributed by atoms with Crippen LogP contribution in [0.2, 0.25) is 0 Å². The number of rotatable bonds is 12. The molecule has 203 valence electrons. The van der Waals surface area contributed by atoms with Crippen molar-refractivity contribution in [2.24, 2.45) is 5.41 Å². The summed E-state index contributed by atoms with van der Waals surface area (Å²) >= 11 is 2.25. The molecule has 0 aromatic carbocycles. The van der Waals surface area contributed by atoms with Gasteiger partial charge < -0.3 is 14.7 Å². The summed E-state index contributed by atoms with van der Waals surface area (Å²) in [4.78, 5) is 6.94. The van der Waals surface area contributed by atoms with Crippen molar-refractivity contribution in [1.82, 2.24) is 14.7 Å². The van der Waals surface area contributed by atoms with Crippen LogP contribution in [0.4, 0.5) is 0 Å². The predicted molar refractivity (Wildman–Crippen MR) is 159 cm³/mol. The van der Waals surface area contributed by atoms with Crippen LogP contribution in [0, 0.1) is 5.41 Å². The molecule has 0 heterocycles. The maximum absolute atomic E-state index is 3.65. The van der Waals surface area contributed by atoms with Gasteiger partial charge in [0.2, 0.25) is 0 Å². The summed E-state index contributed by atoms with van der Waals surface area (Å²) in [6, 6.07) is 0. The summed E-state index contributed by atoms with van der Waals surface area (Å²) in [5.41, 5.74) is 4.83. The SMILES string of the molecule is C=CCN(CC)CC.C=CCN(CC)CC.C=CCN(CC)CC.CC1=C(C)C(C)(C)[C]([Ti])=C1C. The molecule has 0 bridgehead atoms. The first-order valence-corrected chi connectivity index (χ1v) is 14.3. The fourth-order valence-corrected chi connectivity index (χ4v) is 4.17. The zero-order chi connectivity index (χ0) is 28.0. The van der Waals surface area contributed by atoms with E-state index >= 15 is 0 Å². The first-order chi connectivity index (χ1) is 16.4. The van der Waals surface area contributed by atoms with Gasteiger partial charge in [-0.25, -0.2) is 0 Å². The van der Waals surface area contributed by atoms with E-state index in [0.717, 1.165) is 58.9 Å². The Kier molecular flexibility index (Phi) is 26.3. The molecule has 0 atom stereocenters. The maximum atomic E-state index is 3.65. The molecule has 0 unspecified atom stereocenters. The van der Waals surface area contributed by atoms with Crippen LogP contribution < -0.4 is 0 Å². The first kappa shape index (κ1) is 38.8. The first-order valence-electron chi connectivity index (χ1n) is 13.5. The Morgan fingerprint density at radius 2 is 0.857 bits per heavy atom. The number of likely N-dealkylation sites (N-methyl/N-ethyl adjacent to an activating group) is 3. The average molecular weight is 523 g/mol. The van der Waals surface area contributed by atoms with Crippen LogP contribution in [-0.4, -0.2) is 73.6 Å². The molecule has 0 aromatic rings. The van der Waals surface area contributed by atoms with E-state index in [1.165, 1.54) is 20.6 Å². The average Bonchev–Trinajstić information content (AvgIpc) is 3.00. The molecule has 0 aliphatic heterocycles. The predicted octanol–water partition coefficient (Wildman–Crippen LogP) is 7.73. The molecular weight excluding hydrogens is 462 g/mol. The zero-order valence-electron chi connectivity index (χ0n) is 25.6. The van der Waals surface area contributed by atoms with Crippen LogP contribution >= 0.6 is 0 Å². The van der Waals surface area contributed by atoms with E-state index in [-0.39, 0.29) is 0 Å². The monoisotopic (exact) mass is 522 g/mol. The van der Waals surface area contributed by atoms with Crippen LogP contribution in [0.15, 0.2) is 58.6 Å². The van der Waals surface area contributed by atoms with Gasteiger partial charge in [0.1, 0.15) is 0 Å². The van der Waals surface area contributed by atoms with Gasteiger partial charge in [-0.2, -0.15) is 0 Å². The number of hydrogen-bond acceptors (Lipinski definition) is 3. The molecule has 0 amide bonds. The van der Waals surface area contributed by atoms with Gasteiger partial charge in [-0.05, 0) is 39.3 Å². The molecule has 35 heavy (non-hydrogen) atoms. The minimum atomic E-state index is 0.314. The minimum absolute atomic E-state index is 0.314. The summed E-state index contributed by atoms with van der Waals surface area (Å²) in [7, 11) is 0. The Bertz CT molecular complexity index is 550. The Hall–Kier alpha value is -0.706. The van der Waals surface area contributed by atoms with Crippen molar-refractivity contribution in [3.05, 3.63) is 58.6 Å². The molecule has 4 heteroatoms. The molecule has 0 spiro atoms. The normalized spacial score (nSPS) is 14.1. The van der Waals surface area contributed by atoms with Crippen molar-refractivity contribution in [2.45, 2.75) is 76.2 Å². The third-order valence-corrected chi connectivity index (χ3v) is 8.47. The Balaban J connectivity index is -0.000000396. The Morgan fingerprint density at radius 1 is 0.600 bits per heavy atom. The van der Waals surface area contributed by atoms with Crippen LogP contribution in [-0.2, 0) is 20.4 Å². The van der Waals surface area contributed by atoms with Gasteiger partial charge >= 0.3 is 81.1 Å². The molecule has 0 fully saturated rings.